The minimum absolute atomic E-state index is 0.0906. The van der Waals surface area contributed by atoms with Gasteiger partial charge >= 0.3 is 5.97 Å². The summed E-state index contributed by atoms with van der Waals surface area (Å²) in [5.74, 6) is -0.718. The molecule has 0 amide bonds. The molecule has 17 heavy (non-hydrogen) atoms. The zero-order valence-corrected chi connectivity index (χ0v) is 11.2. The molecule has 0 spiro atoms. The highest BCUT2D eigenvalue weighted by Crippen LogP contribution is 2.41. The number of hydrogen-bond acceptors (Lipinski definition) is 5. The quantitative estimate of drug-likeness (QED) is 0.635. The molecule has 1 aromatic rings. The van der Waals surface area contributed by atoms with Crippen molar-refractivity contribution in [3.05, 3.63) is 22.4 Å². The Bertz CT molecular complexity index is 446. The zero-order valence-electron chi connectivity index (χ0n) is 8.85. The number of carbonyl (C=O) groups is 1. The first-order valence-corrected chi connectivity index (χ1v) is 6.49. The number of aliphatic imine (C=N–C) groups is 1. The van der Waals surface area contributed by atoms with Gasteiger partial charge in [-0.05, 0) is 11.4 Å². The van der Waals surface area contributed by atoms with Crippen molar-refractivity contribution >= 4 is 46.4 Å². The number of rotatable bonds is 3. The number of nitrogens with zero attached hydrogens (tertiary/aromatic N) is 1. The van der Waals surface area contributed by atoms with Gasteiger partial charge in [-0.25, -0.2) is 9.79 Å². The van der Waals surface area contributed by atoms with Crippen LogP contribution in [0, 0.1) is 0 Å². The molecule has 0 bridgehead atoms. The maximum atomic E-state index is 11.3. The van der Waals surface area contributed by atoms with E-state index in [2.05, 4.69) is 9.73 Å². The van der Waals surface area contributed by atoms with Gasteiger partial charge in [0, 0.05) is 0 Å². The minimum Gasteiger partial charge on any atom is -0.462 e. The van der Waals surface area contributed by atoms with Crippen molar-refractivity contribution in [1.82, 2.24) is 0 Å². The Balaban J connectivity index is 2.28. The van der Waals surface area contributed by atoms with E-state index in [0.717, 1.165) is 4.88 Å². The maximum Gasteiger partial charge on any atom is 0.393 e. The standard InChI is InChI=1S/C10H9Cl2NO3S/c1-15-8(14)7-13-5-10(16-7,9(11)12)6-3-2-4-17-6/h2-4,9H,5H2,1H3. The van der Waals surface area contributed by atoms with Crippen LogP contribution in [0.1, 0.15) is 4.88 Å². The smallest absolute Gasteiger partial charge is 0.393 e. The van der Waals surface area contributed by atoms with E-state index in [0.29, 0.717) is 0 Å². The number of halogens is 2. The minimum atomic E-state index is -0.985. The Morgan fingerprint density at radius 2 is 2.47 bits per heavy atom. The molecule has 4 nitrogen and oxygen atoms in total. The van der Waals surface area contributed by atoms with Gasteiger partial charge in [-0.3, -0.25) is 0 Å². The third kappa shape index (κ3) is 2.14. The molecule has 1 aromatic heterocycles. The van der Waals surface area contributed by atoms with Crippen LogP contribution in [0.15, 0.2) is 22.5 Å². The largest absolute Gasteiger partial charge is 0.462 e. The van der Waals surface area contributed by atoms with Crippen LogP contribution in [0.2, 0.25) is 0 Å². The van der Waals surface area contributed by atoms with Crippen LogP contribution in [0.5, 0.6) is 0 Å². The van der Waals surface area contributed by atoms with Gasteiger partial charge < -0.3 is 9.47 Å². The Morgan fingerprint density at radius 1 is 1.71 bits per heavy atom. The topological polar surface area (TPSA) is 47.9 Å². The van der Waals surface area contributed by atoms with Gasteiger partial charge in [0.1, 0.15) is 0 Å². The van der Waals surface area contributed by atoms with E-state index in [-0.39, 0.29) is 12.4 Å². The molecule has 2 heterocycles. The lowest BCUT2D eigenvalue weighted by Gasteiger charge is -2.27. The van der Waals surface area contributed by atoms with Crippen LogP contribution >= 0.6 is 34.5 Å². The van der Waals surface area contributed by atoms with Crippen molar-refractivity contribution in [3.63, 3.8) is 0 Å². The molecule has 1 aliphatic rings. The fourth-order valence-electron chi connectivity index (χ4n) is 1.49. The van der Waals surface area contributed by atoms with Crippen molar-refractivity contribution in [2.24, 2.45) is 4.99 Å². The van der Waals surface area contributed by atoms with Gasteiger partial charge in [0.05, 0.1) is 18.5 Å². The van der Waals surface area contributed by atoms with E-state index in [1.165, 1.54) is 18.4 Å². The Kier molecular flexibility index (Phi) is 3.61. The second-order valence-electron chi connectivity index (χ2n) is 3.38. The van der Waals surface area contributed by atoms with Gasteiger partial charge in [0.2, 0.25) is 0 Å². The molecule has 0 saturated carbocycles. The Labute approximate surface area is 112 Å². The molecular weight excluding hydrogens is 285 g/mol. The Hall–Kier alpha value is -0.780. The predicted molar refractivity (Wildman–Crippen MR) is 66.9 cm³/mol. The van der Waals surface area contributed by atoms with E-state index in [9.17, 15) is 4.79 Å². The summed E-state index contributed by atoms with van der Waals surface area (Å²) in [6.07, 6.45) is 0. The summed E-state index contributed by atoms with van der Waals surface area (Å²) in [4.78, 5) is 15.3. The van der Waals surface area contributed by atoms with Crippen LogP contribution in [0.3, 0.4) is 0 Å². The van der Waals surface area contributed by atoms with Crippen molar-refractivity contribution in [3.8, 4) is 0 Å². The number of methoxy groups -OCH3 is 1. The normalized spacial score (nSPS) is 23.4. The number of thiophene rings is 1. The molecule has 1 unspecified atom stereocenters. The van der Waals surface area contributed by atoms with Gasteiger partial charge in [-0.15, -0.1) is 34.5 Å². The van der Waals surface area contributed by atoms with E-state index in [1.54, 1.807) is 0 Å². The summed E-state index contributed by atoms with van der Waals surface area (Å²) >= 11 is 13.4. The third-order valence-electron chi connectivity index (χ3n) is 2.39. The molecule has 1 aliphatic heterocycles. The number of carbonyl (C=O) groups excluding carboxylic acids is 1. The lowest BCUT2D eigenvalue weighted by atomic mass is 10.1. The number of hydrogen-bond donors (Lipinski definition) is 0. The summed E-state index contributed by atoms with van der Waals surface area (Å²) in [6.45, 7) is 0.204. The van der Waals surface area contributed by atoms with Crippen molar-refractivity contribution < 1.29 is 14.3 Å². The lowest BCUT2D eigenvalue weighted by Crippen LogP contribution is -2.37. The molecule has 92 valence electrons. The van der Waals surface area contributed by atoms with Gasteiger partial charge in [0.25, 0.3) is 5.90 Å². The first kappa shape index (κ1) is 12.7. The molecule has 2 rings (SSSR count). The molecule has 1 atom stereocenters. The maximum absolute atomic E-state index is 11.3. The summed E-state index contributed by atoms with van der Waals surface area (Å²) in [6, 6.07) is 3.70. The van der Waals surface area contributed by atoms with Crippen molar-refractivity contribution in [1.29, 1.82) is 0 Å². The van der Waals surface area contributed by atoms with Crippen LogP contribution in [0.25, 0.3) is 0 Å². The first-order chi connectivity index (χ1) is 8.10. The molecule has 0 aromatic carbocycles. The number of alkyl halides is 2. The van der Waals surface area contributed by atoms with E-state index in [1.807, 2.05) is 17.5 Å². The second-order valence-corrected chi connectivity index (χ2v) is 5.43. The molecule has 0 aliphatic carbocycles. The summed E-state index contributed by atoms with van der Waals surface area (Å²) in [5.41, 5.74) is -0.985. The number of esters is 1. The molecule has 0 fully saturated rings. The van der Waals surface area contributed by atoms with Crippen LogP contribution < -0.4 is 0 Å². The summed E-state index contributed by atoms with van der Waals surface area (Å²) in [7, 11) is 1.26. The molecule has 0 radical (unpaired) electrons. The lowest BCUT2D eigenvalue weighted by molar-refractivity contribution is -0.135. The van der Waals surface area contributed by atoms with Crippen LogP contribution in [-0.4, -0.2) is 30.4 Å². The fourth-order valence-corrected chi connectivity index (χ4v) is 2.96. The Morgan fingerprint density at radius 3 is 3.00 bits per heavy atom. The van der Waals surface area contributed by atoms with E-state index < -0.39 is 16.4 Å². The molecule has 7 heteroatoms. The van der Waals surface area contributed by atoms with E-state index >= 15 is 0 Å². The summed E-state index contributed by atoms with van der Waals surface area (Å²) in [5, 5.41) is 1.88. The van der Waals surface area contributed by atoms with Gasteiger partial charge in [-0.1, -0.05) is 6.07 Å². The average Bonchev–Trinajstić information content (AvgIpc) is 2.96. The van der Waals surface area contributed by atoms with Gasteiger partial charge in [0.15, 0.2) is 10.4 Å². The molecular formula is C10H9Cl2NO3S. The fraction of sp³-hybridized carbons (Fsp3) is 0.400. The highest BCUT2D eigenvalue weighted by atomic mass is 35.5. The highest BCUT2D eigenvalue weighted by molar-refractivity contribution is 7.10. The zero-order chi connectivity index (χ0) is 12.5. The third-order valence-corrected chi connectivity index (χ3v) is 4.12. The first-order valence-electron chi connectivity index (χ1n) is 4.74. The second kappa shape index (κ2) is 4.84. The highest BCUT2D eigenvalue weighted by Gasteiger charge is 2.48. The molecule has 0 saturated heterocycles. The SMILES string of the molecule is COC(=O)C1=NCC(c2cccs2)(C(Cl)Cl)O1. The van der Waals surface area contributed by atoms with E-state index in [4.69, 9.17) is 27.9 Å². The van der Waals surface area contributed by atoms with Gasteiger partial charge in [-0.2, -0.15) is 0 Å². The van der Waals surface area contributed by atoms with Crippen molar-refractivity contribution in [2.45, 2.75) is 10.4 Å². The van der Waals surface area contributed by atoms with Crippen LogP contribution in [-0.2, 0) is 19.9 Å². The van der Waals surface area contributed by atoms with Crippen LogP contribution in [0.4, 0.5) is 0 Å². The molecule has 0 N–H and O–H groups in total. The average molecular weight is 294 g/mol. The monoisotopic (exact) mass is 293 g/mol. The predicted octanol–water partition coefficient (Wildman–Crippen LogP) is 2.35. The number of ether oxygens (including phenoxy) is 2. The summed E-state index contributed by atoms with van der Waals surface area (Å²) < 4.78 is 10.1. The van der Waals surface area contributed by atoms with Crippen molar-refractivity contribution in [2.75, 3.05) is 13.7 Å².